The highest BCUT2D eigenvalue weighted by Gasteiger charge is 2.34. The van der Waals surface area contributed by atoms with Crippen LogP contribution in [0.25, 0.3) is 0 Å². The zero-order valence-electron chi connectivity index (χ0n) is 12.6. The lowest BCUT2D eigenvalue weighted by Crippen LogP contribution is -2.56. The number of benzene rings is 1. The predicted octanol–water partition coefficient (Wildman–Crippen LogP) is 5.28. The fraction of sp³-hybridized carbons (Fsp3) is 0.429. The van der Waals surface area contributed by atoms with Crippen LogP contribution in [0.1, 0.15) is 26.2 Å². The SMILES string of the molecule is CCCCC(=O)NC(NC(=S)Nc1ccc(Cl)cc1Cl)C(Cl)(Cl)Cl. The molecular formula is C14H16Cl5N3OS. The van der Waals surface area contributed by atoms with Crippen molar-refractivity contribution in [1.29, 1.82) is 0 Å². The van der Waals surface area contributed by atoms with E-state index in [2.05, 4.69) is 16.0 Å². The minimum atomic E-state index is -1.79. The van der Waals surface area contributed by atoms with Crippen molar-refractivity contribution in [2.45, 2.75) is 36.1 Å². The molecule has 0 fully saturated rings. The summed E-state index contributed by atoms with van der Waals surface area (Å²) in [5.74, 6) is -0.243. The lowest BCUT2D eigenvalue weighted by atomic mass is 10.2. The average Bonchev–Trinajstić information content (AvgIpc) is 2.46. The van der Waals surface area contributed by atoms with Gasteiger partial charge in [-0.15, -0.1) is 0 Å². The van der Waals surface area contributed by atoms with E-state index < -0.39 is 9.96 Å². The van der Waals surface area contributed by atoms with Crippen molar-refractivity contribution < 1.29 is 4.79 Å². The summed E-state index contributed by atoms with van der Waals surface area (Å²) in [7, 11) is 0. The van der Waals surface area contributed by atoms with Gasteiger partial charge in [-0.3, -0.25) is 4.79 Å². The van der Waals surface area contributed by atoms with Gasteiger partial charge in [0.15, 0.2) is 5.11 Å². The third-order valence-corrected chi connectivity index (χ3v) is 4.27. The van der Waals surface area contributed by atoms with Crippen LogP contribution >= 0.6 is 70.2 Å². The molecule has 134 valence electrons. The van der Waals surface area contributed by atoms with E-state index in [1.165, 1.54) is 0 Å². The van der Waals surface area contributed by atoms with Gasteiger partial charge in [0.2, 0.25) is 9.70 Å². The first-order chi connectivity index (χ1) is 11.1. The van der Waals surface area contributed by atoms with Gasteiger partial charge < -0.3 is 16.0 Å². The van der Waals surface area contributed by atoms with Crippen molar-refractivity contribution in [1.82, 2.24) is 10.6 Å². The number of thiocarbonyl (C=S) groups is 1. The van der Waals surface area contributed by atoms with Crippen molar-refractivity contribution in [3.8, 4) is 0 Å². The first kappa shape index (κ1) is 21.9. The van der Waals surface area contributed by atoms with Gasteiger partial charge >= 0.3 is 0 Å². The van der Waals surface area contributed by atoms with Crippen LogP contribution in [0.5, 0.6) is 0 Å². The van der Waals surface area contributed by atoms with Crippen molar-refractivity contribution >= 4 is 86.9 Å². The number of carbonyl (C=O) groups is 1. The van der Waals surface area contributed by atoms with E-state index in [0.29, 0.717) is 22.2 Å². The molecule has 0 spiro atoms. The Morgan fingerprint density at radius 2 is 1.92 bits per heavy atom. The monoisotopic (exact) mass is 449 g/mol. The molecule has 4 nitrogen and oxygen atoms in total. The summed E-state index contributed by atoms with van der Waals surface area (Å²) in [5.41, 5.74) is 0.527. The van der Waals surface area contributed by atoms with Crippen LogP contribution in [0, 0.1) is 0 Å². The maximum absolute atomic E-state index is 11.9. The second-order valence-electron chi connectivity index (χ2n) is 4.87. The number of alkyl halides is 3. The van der Waals surface area contributed by atoms with Crippen molar-refractivity contribution in [3.63, 3.8) is 0 Å². The molecule has 0 aliphatic heterocycles. The number of rotatable bonds is 6. The zero-order valence-corrected chi connectivity index (χ0v) is 17.2. The normalized spacial score (nSPS) is 12.4. The standard InChI is InChI=1S/C14H16Cl5N3OS/c1-2-3-4-11(23)21-12(14(17,18)19)22-13(24)20-10-6-5-8(15)7-9(10)16/h5-7,12H,2-4H2,1H3,(H,21,23)(H2,20,22,24). The molecule has 0 aliphatic rings. The topological polar surface area (TPSA) is 53.2 Å². The Labute approximate surface area is 171 Å². The molecular weight excluding hydrogens is 436 g/mol. The lowest BCUT2D eigenvalue weighted by Gasteiger charge is -2.28. The predicted molar refractivity (Wildman–Crippen MR) is 108 cm³/mol. The van der Waals surface area contributed by atoms with Crippen molar-refractivity contribution in [3.05, 3.63) is 28.2 Å². The average molecular weight is 452 g/mol. The molecule has 0 aliphatic carbocycles. The molecule has 1 aromatic rings. The molecule has 0 heterocycles. The van der Waals surface area contributed by atoms with Gasteiger partial charge in [-0.1, -0.05) is 71.3 Å². The van der Waals surface area contributed by atoms with Gasteiger partial charge in [-0.05, 0) is 36.8 Å². The Bertz CT molecular complexity index is 594. The highest BCUT2D eigenvalue weighted by atomic mass is 35.6. The van der Waals surface area contributed by atoms with Crippen LogP contribution in [0.4, 0.5) is 5.69 Å². The summed E-state index contributed by atoms with van der Waals surface area (Å²) in [5, 5.41) is 9.22. The number of nitrogens with one attached hydrogen (secondary N) is 3. The van der Waals surface area contributed by atoms with Gasteiger partial charge in [-0.2, -0.15) is 0 Å². The molecule has 1 atom stereocenters. The van der Waals surface area contributed by atoms with E-state index in [-0.39, 0.29) is 11.0 Å². The largest absolute Gasteiger partial charge is 0.339 e. The number of unbranched alkanes of at least 4 members (excludes halogenated alkanes) is 1. The van der Waals surface area contributed by atoms with Crippen molar-refractivity contribution in [2.24, 2.45) is 0 Å². The fourth-order valence-electron chi connectivity index (χ4n) is 1.65. The number of hydrogen-bond donors (Lipinski definition) is 3. The highest BCUT2D eigenvalue weighted by Crippen LogP contribution is 2.30. The minimum absolute atomic E-state index is 0.131. The van der Waals surface area contributed by atoms with Gasteiger partial charge in [0, 0.05) is 11.4 Å². The summed E-state index contributed by atoms with van der Waals surface area (Å²) in [6.07, 6.45) is 0.951. The zero-order chi connectivity index (χ0) is 18.3. The Balaban J connectivity index is 2.72. The van der Waals surface area contributed by atoms with Crippen LogP contribution in [0.2, 0.25) is 10.0 Å². The Morgan fingerprint density at radius 3 is 2.46 bits per heavy atom. The summed E-state index contributed by atoms with van der Waals surface area (Å²) in [6, 6.07) is 4.87. The number of halogens is 5. The van der Waals surface area contributed by atoms with Crippen LogP contribution in [0.15, 0.2) is 18.2 Å². The third kappa shape index (κ3) is 7.81. The van der Waals surface area contributed by atoms with E-state index in [9.17, 15) is 4.79 Å². The molecule has 1 aromatic carbocycles. The van der Waals surface area contributed by atoms with Crippen LogP contribution in [-0.2, 0) is 4.79 Å². The summed E-state index contributed by atoms with van der Waals surface area (Å²) >= 11 is 34.8. The minimum Gasteiger partial charge on any atom is -0.339 e. The summed E-state index contributed by atoms with van der Waals surface area (Å²) in [4.78, 5) is 11.9. The molecule has 0 radical (unpaired) electrons. The first-order valence-electron chi connectivity index (χ1n) is 7.02. The van der Waals surface area contributed by atoms with E-state index in [4.69, 9.17) is 70.2 Å². The van der Waals surface area contributed by atoms with E-state index in [1.54, 1.807) is 18.2 Å². The Morgan fingerprint density at radius 1 is 1.25 bits per heavy atom. The van der Waals surface area contributed by atoms with Crippen LogP contribution in [0.3, 0.4) is 0 Å². The molecule has 1 rings (SSSR count). The molecule has 0 aromatic heterocycles. The molecule has 3 N–H and O–H groups in total. The summed E-state index contributed by atoms with van der Waals surface area (Å²) < 4.78 is -1.79. The number of anilines is 1. The molecule has 10 heteroatoms. The third-order valence-electron chi connectivity index (χ3n) is 2.84. The smallest absolute Gasteiger partial charge is 0.228 e. The maximum atomic E-state index is 11.9. The van der Waals surface area contributed by atoms with Gasteiger partial charge in [-0.25, -0.2) is 0 Å². The second-order valence-corrected chi connectivity index (χ2v) is 8.49. The highest BCUT2D eigenvalue weighted by molar-refractivity contribution is 7.80. The quantitative estimate of drug-likeness (QED) is 0.313. The number of carbonyl (C=O) groups excluding carboxylic acids is 1. The molecule has 1 amide bonds. The molecule has 0 saturated carbocycles. The van der Waals surface area contributed by atoms with Crippen LogP contribution in [-0.4, -0.2) is 21.0 Å². The van der Waals surface area contributed by atoms with E-state index >= 15 is 0 Å². The number of hydrogen-bond acceptors (Lipinski definition) is 2. The molecule has 24 heavy (non-hydrogen) atoms. The van der Waals surface area contributed by atoms with Crippen LogP contribution < -0.4 is 16.0 Å². The summed E-state index contributed by atoms with van der Waals surface area (Å²) in [6.45, 7) is 1.98. The Kier molecular flexibility index (Phi) is 9.20. The second kappa shape index (κ2) is 10.1. The van der Waals surface area contributed by atoms with Gasteiger partial charge in [0.25, 0.3) is 0 Å². The van der Waals surface area contributed by atoms with Crippen molar-refractivity contribution in [2.75, 3.05) is 5.32 Å². The van der Waals surface area contributed by atoms with E-state index in [0.717, 1.165) is 12.8 Å². The molecule has 1 unspecified atom stereocenters. The van der Waals surface area contributed by atoms with Gasteiger partial charge in [0.1, 0.15) is 6.17 Å². The van der Waals surface area contributed by atoms with E-state index in [1.807, 2.05) is 6.92 Å². The first-order valence-corrected chi connectivity index (χ1v) is 9.32. The number of amides is 1. The molecule has 0 bridgehead atoms. The molecule has 0 saturated heterocycles. The lowest BCUT2D eigenvalue weighted by molar-refractivity contribution is -0.122. The maximum Gasteiger partial charge on any atom is 0.228 e. The van der Waals surface area contributed by atoms with Gasteiger partial charge in [0.05, 0.1) is 10.7 Å². The Hall–Kier alpha value is -0.170. The fourth-order valence-corrected chi connectivity index (χ4v) is 2.66.